The van der Waals surface area contributed by atoms with Crippen molar-refractivity contribution < 1.29 is 9.59 Å². The highest BCUT2D eigenvalue weighted by atomic mass is 16.2. The number of hydrogen-bond acceptors (Lipinski definition) is 3. The summed E-state index contributed by atoms with van der Waals surface area (Å²) < 4.78 is 0. The van der Waals surface area contributed by atoms with Crippen molar-refractivity contribution >= 4 is 12.2 Å². The van der Waals surface area contributed by atoms with Crippen LogP contribution in [-0.4, -0.2) is 35.7 Å². The van der Waals surface area contributed by atoms with Gasteiger partial charge >= 0.3 is 0 Å². The second-order valence-corrected chi connectivity index (χ2v) is 5.23. The quantitative estimate of drug-likeness (QED) is 0.581. The monoisotopic (exact) mass is 236 g/mol. The van der Waals surface area contributed by atoms with Crippen molar-refractivity contribution in [3.63, 3.8) is 0 Å². The van der Waals surface area contributed by atoms with Crippen LogP contribution in [0.4, 0.5) is 0 Å². The standard InChI is InChI=1S/C13H20N2O2/c1-13(6-2-8-14)7-5-10-3-4-11(9-16)15(10)12(13)17/h5,7,9-11H,2-4,6,8,14H2,1H3/t10-,11-,13-/m0/s1. The van der Waals surface area contributed by atoms with Crippen molar-refractivity contribution in [2.75, 3.05) is 6.54 Å². The highest BCUT2D eigenvalue weighted by Crippen LogP contribution is 2.38. The van der Waals surface area contributed by atoms with Crippen LogP contribution in [0.1, 0.15) is 32.6 Å². The Kier molecular flexibility index (Phi) is 3.33. The number of hydrogen-bond donors (Lipinski definition) is 1. The summed E-state index contributed by atoms with van der Waals surface area (Å²) in [5, 5.41) is 0. The van der Waals surface area contributed by atoms with E-state index in [0.717, 1.165) is 32.0 Å². The van der Waals surface area contributed by atoms with E-state index in [4.69, 9.17) is 5.73 Å². The molecule has 0 bridgehead atoms. The summed E-state index contributed by atoms with van der Waals surface area (Å²) in [6.07, 6.45) is 8.28. The molecule has 1 amide bonds. The summed E-state index contributed by atoms with van der Waals surface area (Å²) in [5.74, 6) is 0.0908. The molecule has 4 nitrogen and oxygen atoms in total. The van der Waals surface area contributed by atoms with Crippen LogP contribution in [0.5, 0.6) is 0 Å². The van der Waals surface area contributed by atoms with E-state index in [2.05, 4.69) is 6.08 Å². The van der Waals surface area contributed by atoms with E-state index < -0.39 is 5.41 Å². The first-order valence-corrected chi connectivity index (χ1v) is 6.30. The number of nitrogens with zero attached hydrogens (tertiary/aromatic N) is 1. The molecule has 0 aliphatic carbocycles. The van der Waals surface area contributed by atoms with E-state index in [-0.39, 0.29) is 18.0 Å². The molecule has 0 unspecified atom stereocenters. The Morgan fingerprint density at radius 3 is 3.00 bits per heavy atom. The molecule has 2 heterocycles. The molecular formula is C13H20N2O2. The fourth-order valence-electron chi connectivity index (χ4n) is 2.84. The third-order valence-electron chi connectivity index (χ3n) is 3.94. The molecule has 0 saturated carbocycles. The van der Waals surface area contributed by atoms with Gasteiger partial charge in [0, 0.05) is 0 Å². The van der Waals surface area contributed by atoms with Gasteiger partial charge in [-0.15, -0.1) is 0 Å². The zero-order valence-electron chi connectivity index (χ0n) is 10.3. The van der Waals surface area contributed by atoms with E-state index in [1.807, 2.05) is 13.0 Å². The van der Waals surface area contributed by atoms with Crippen LogP contribution in [0, 0.1) is 5.41 Å². The second kappa shape index (κ2) is 4.61. The van der Waals surface area contributed by atoms with Gasteiger partial charge in [-0.25, -0.2) is 0 Å². The number of nitrogens with two attached hydrogens (primary N) is 1. The maximum atomic E-state index is 12.5. The SMILES string of the molecule is C[C@]1(CCCN)C=C[C@@H]2CC[C@@H](C=O)N2C1=O. The van der Waals surface area contributed by atoms with Gasteiger partial charge in [-0.05, 0) is 39.2 Å². The maximum Gasteiger partial charge on any atom is 0.233 e. The van der Waals surface area contributed by atoms with E-state index in [0.29, 0.717) is 6.54 Å². The average molecular weight is 236 g/mol. The number of carbonyl (C=O) groups is 2. The molecule has 0 aromatic rings. The highest BCUT2D eigenvalue weighted by Gasteiger charge is 2.45. The molecule has 0 spiro atoms. The molecule has 1 saturated heterocycles. The molecular weight excluding hydrogens is 216 g/mol. The minimum absolute atomic E-state index is 0.0908. The number of aldehydes is 1. The van der Waals surface area contributed by atoms with Gasteiger partial charge in [-0.2, -0.15) is 0 Å². The van der Waals surface area contributed by atoms with Gasteiger partial charge in [0.1, 0.15) is 6.29 Å². The number of fused-ring (bicyclic) bond motifs is 1. The molecule has 0 aromatic heterocycles. The lowest BCUT2D eigenvalue weighted by molar-refractivity contribution is -0.144. The molecule has 2 aliphatic heterocycles. The molecule has 94 valence electrons. The highest BCUT2D eigenvalue weighted by molar-refractivity contribution is 5.88. The Bertz CT molecular complexity index is 353. The zero-order valence-corrected chi connectivity index (χ0v) is 10.3. The smallest absolute Gasteiger partial charge is 0.233 e. The zero-order chi connectivity index (χ0) is 12.5. The number of amides is 1. The lowest BCUT2D eigenvalue weighted by atomic mass is 9.80. The summed E-state index contributed by atoms with van der Waals surface area (Å²) in [6, 6.07) is -0.0988. The fraction of sp³-hybridized carbons (Fsp3) is 0.692. The van der Waals surface area contributed by atoms with E-state index in [9.17, 15) is 9.59 Å². The van der Waals surface area contributed by atoms with Crippen molar-refractivity contribution in [1.82, 2.24) is 4.90 Å². The van der Waals surface area contributed by atoms with Gasteiger partial charge in [-0.3, -0.25) is 4.79 Å². The first kappa shape index (κ1) is 12.3. The first-order valence-electron chi connectivity index (χ1n) is 6.30. The fourth-order valence-corrected chi connectivity index (χ4v) is 2.84. The predicted octanol–water partition coefficient (Wildman–Crippen LogP) is 0.860. The largest absolute Gasteiger partial charge is 0.330 e. The average Bonchev–Trinajstić information content (AvgIpc) is 2.75. The lowest BCUT2D eigenvalue weighted by Crippen LogP contribution is -2.50. The van der Waals surface area contributed by atoms with Gasteiger partial charge in [0.25, 0.3) is 0 Å². The van der Waals surface area contributed by atoms with Crippen molar-refractivity contribution in [2.45, 2.75) is 44.7 Å². The van der Waals surface area contributed by atoms with Crippen LogP contribution >= 0.6 is 0 Å². The molecule has 2 N–H and O–H groups in total. The third kappa shape index (κ3) is 2.02. The maximum absolute atomic E-state index is 12.5. The van der Waals surface area contributed by atoms with E-state index >= 15 is 0 Å². The topological polar surface area (TPSA) is 63.4 Å². The van der Waals surface area contributed by atoms with Gasteiger partial charge in [0.2, 0.25) is 5.91 Å². The number of rotatable bonds is 4. The Labute approximate surface area is 102 Å². The summed E-state index contributed by atoms with van der Waals surface area (Å²) in [7, 11) is 0. The van der Waals surface area contributed by atoms with Crippen LogP contribution in [0.2, 0.25) is 0 Å². The molecule has 4 heteroatoms. The first-order chi connectivity index (χ1) is 8.12. The third-order valence-corrected chi connectivity index (χ3v) is 3.94. The van der Waals surface area contributed by atoms with Crippen LogP contribution in [0.25, 0.3) is 0 Å². The van der Waals surface area contributed by atoms with E-state index in [1.54, 1.807) is 4.90 Å². The van der Waals surface area contributed by atoms with Crippen LogP contribution in [-0.2, 0) is 9.59 Å². The van der Waals surface area contributed by atoms with Crippen molar-refractivity contribution in [2.24, 2.45) is 11.1 Å². The normalized spacial score (nSPS) is 36.1. The summed E-state index contributed by atoms with van der Waals surface area (Å²) in [6.45, 7) is 2.54. The second-order valence-electron chi connectivity index (χ2n) is 5.23. The van der Waals surface area contributed by atoms with Crippen LogP contribution in [0.15, 0.2) is 12.2 Å². The van der Waals surface area contributed by atoms with E-state index in [1.165, 1.54) is 0 Å². The van der Waals surface area contributed by atoms with Crippen LogP contribution < -0.4 is 5.73 Å². The Morgan fingerprint density at radius 1 is 1.59 bits per heavy atom. The summed E-state index contributed by atoms with van der Waals surface area (Å²) in [5.41, 5.74) is 5.03. The Morgan fingerprint density at radius 2 is 2.35 bits per heavy atom. The lowest BCUT2D eigenvalue weighted by Gasteiger charge is -2.38. The van der Waals surface area contributed by atoms with Gasteiger partial charge < -0.3 is 15.4 Å². The molecule has 2 rings (SSSR count). The molecule has 17 heavy (non-hydrogen) atoms. The minimum atomic E-state index is -0.471. The van der Waals surface area contributed by atoms with Crippen molar-refractivity contribution in [3.05, 3.63) is 12.2 Å². The van der Waals surface area contributed by atoms with Gasteiger partial charge in [0.15, 0.2) is 0 Å². The molecule has 2 aliphatic rings. The Balaban J connectivity index is 2.21. The van der Waals surface area contributed by atoms with Crippen LogP contribution in [0.3, 0.4) is 0 Å². The molecule has 0 radical (unpaired) electrons. The summed E-state index contributed by atoms with van der Waals surface area (Å²) in [4.78, 5) is 25.2. The number of carbonyl (C=O) groups excluding carboxylic acids is 2. The molecule has 1 fully saturated rings. The van der Waals surface area contributed by atoms with Gasteiger partial charge in [0.05, 0.1) is 17.5 Å². The summed E-state index contributed by atoms with van der Waals surface area (Å²) >= 11 is 0. The van der Waals surface area contributed by atoms with Crippen molar-refractivity contribution in [3.8, 4) is 0 Å². The van der Waals surface area contributed by atoms with Crippen molar-refractivity contribution in [1.29, 1.82) is 0 Å². The molecule has 0 aromatic carbocycles. The molecule has 3 atom stereocenters. The predicted molar refractivity (Wildman–Crippen MR) is 65.3 cm³/mol. The minimum Gasteiger partial charge on any atom is -0.330 e. The van der Waals surface area contributed by atoms with Gasteiger partial charge in [-0.1, -0.05) is 12.2 Å². The Hall–Kier alpha value is -1.16.